The summed E-state index contributed by atoms with van der Waals surface area (Å²) in [6, 6.07) is 16.9. The Morgan fingerprint density at radius 2 is 1.22 bits per heavy atom. The van der Waals surface area contributed by atoms with Crippen molar-refractivity contribution in [3.8, 4) is 22.3 Å². The van der Waals surface area contributed by atoms with Gasteiger partial charge in [0.1, 0.15) is 16.7 Å². The first-order valence-corrected chi connectivity index (χ1v) is 11.5. The number of fused-ring (bicyclic) bond motifs is 7. The molecule has 0 saturated carbocycles. The highest BCUT2D eigenvalue weighted by molar-refractivity contribution is 6.27. The second-order valence-electron chi connectivity index (χ2n) is 8.68. The monoisotopic (exact) mass is 468 g/mol. The van der Waals surface area contributed by atoms with E-state index in [-0.39, 0.29) is 51.3 Å². The van der Waals surface area contributed by atoms with Crippen LogP contribution < -0.4 is 0 Å². The van der Waals surface area contributed by atoms with Crippen molar-refractivity contribution in [2.45, 2.75) is 0 Å². The van der Waals surface area contributed by atoms with E-state index in [0.717, 1.165) is 5.39 Å². The van der Waals surface area contributed by atoms with Crippen LogP contribution in [-0.2, 0) is 0 Å². The summed E-state index contributed by atoms with van der Waals surface area (Å²) in [6.07, 6.45) is 1.56. The van der Waals surface area contributed by atoms with Gasteiger partial charge >= 0.3 is 0 Å². The van der Waals surface area contributed by atoms with Crippen LogP contribution in [0.4, 0.5) is 0 Å². The van der Waals surface area contributed by atoms with E-state index in [1.54, 1.807) is 42.7 Å². The van der Waals surface area contributed by atoms with Crippen molar-refractivity contribution in [1.82, 2.24) is 0 Å². The Hall–Kier alpha value is -4.82. The number of benzene rings is 6. The second kappa shape index (κ2) is 7.34. The quantitative estimate of drug-likeness (QED) is 0.236. The van der Waals surface area contributed by atoms with Crippen LogP contribution in [0.1, 0.15) is 11.0 Å². The molecule has 0 aliphatic rings. The number of rotatable bonds is 2. The number of hydrogen-bond acceptors (Lipinski definition) is 2. The fourth-order valence-corrected chi connectivity index (χ4v) is 5.29. The molecule has 0 atom stereocenters. The van der Waals surface area contributed by atoms with Crippen molar-refractivity contribution in [2.75, 3.05) is 0 Å². The number of para-hydroxylation sites is 1. The van der Waals surface area contributed by atoms with E-state index in [0.29, 0.717) is 44.2 Å². The topological polar surface area (TPSA) is 26.3 Å². The van der Waals surface area contributed by atoms with E-state index in [2.05, 4.69) is 0 Å². The van der Waals surface area contributed by atoms with Crippen LogP contribution in [0.2, 0.25) is 0 Å². The fraction of sp³-hybridized carbons (Fsp3) is 0. The summed E-state index contributed by atoms with van der Waals surface area (Å²) >= 11 is 0. The molecular weight excluding hydrogens is 440 g/mol. The van der Waals surface area contributed by atoms with Crippen molar-refractivity contribution < 1.29 is 19.8 Å². The molecule has 2 heteroatoms. The summed E-state index contributed by atoms with van der Waals surface area (Å²) in [5.41, 5.74) is 3.06. The minimum atomic E-state index is -0.451. The van der Waals surface area contributed by atoms with Crippen LogP contribution in [-0.4, -0.2) is 0 Å². The van der Waals surface area contributed by atoms with Crippen LogP contribution in [0, 0.1) is 0 Å². The van der Waals surface area contributed by atoms with Gasteiger partial charge in [0, 0.05) is 21.9 Å². The molecule has 6 aromatic carbocycles. The zero-order chi connectivity index (χ0) is 30.6. The van der Waals surface area contributed by atoms with Gasteiger partial charge in [-0.05, 0) is 50.9 Å². The van der Waals surface area contributed by atoms with Crippen LogP contribution >= 0.6 is 0 Å². The van der Waals surface area contributed by atoms with E-state index in [4.69, 9.17) is 17.1 Å². The Labute approximate surface area is 218 Å². The van der Waals surface area contributed by atoms with Gasteiger partial charge in [-0.2, -0.15) is 0 Å². The van der Waals surface area contributed by atoms with Crippen LogP contribution in [0.3, 0.4) is 0 Å². The molecule has 0 fully saturated rings. The highest BCUT2D eigenvalue weighted by Gasteiger charge is 2.22. The van der Waals surface area contributed by atoms with Crippen molar-refractivity contribution in [3.63, 3.8) is 0 Å². The predicted molar refractivity (Wildman–Crippen MR) is 149 cm³/mol. The Bertz CT molecular complexity index is 2450. The lowest BCUT2D eigenvalue weighted by atomic mass is 9.85. The van der Waals surface area contributed by atoms with E-state index < -0.39 is 24.2 Å². The molecule has 0 aliphatic heterocycles. The molecule has 0 unspecified atom stereocenters. The molecule has 8 rings (SSSR count). The molecule has 0 N–H and O–H groups in total. The average molecular weight is 469 g/mol. The Morgan fingerprint density at radius 1 is 0.583 bits per heavy atom. The van der Waals surface area contributed by atoms with Gasteiger partial charge in [0.05, 0.1) is 22.6 Å². The molecule has 0 saturated heterocycles. The normalized spacial score (nSPS) is 15.0. The van der Waals surface area contributed by atoms with Gasteiger partial charge in [0.15, 0.2) is 0 Å². The van der Waals surface area contributed by atoms with Crippen molar-refractivity contribution in [1.29, 1.82) is 0 Å². The zero-order valence-electron chi connectivity index (χ0n) is 26.7. The zero-order valence-corrected chi connectivity index (χ0v) is 18.7. The molecule has 2 aromatic heterocycles. The maximum absolute atomic E-state index is 9.19. The predicted octanol–water partition coefficient (Wildman–Crippen LogP) is 9.97. The van der Waals surface area contributed by atoms with Gasteiger partial charge < -0.3 is 8.83 Å². The molecule has 0 aliphatic carbocycles. The number of hydrogen-bond donors (Lipinski definition) is 0. The highest BCUT2D eigenvalue weighted by atomic mass is 16.3. The first kappa shape index (κ1) is 13.3. The third-order valence-corrected chi connectivity index (χ3v) is 6.77. The lowest BCUT2D eigenvalue weighted by Gasteiger charge is -2.18. The Kier molecular flexibility index (Phi) is 2.71. The van der Waals surface area contributed by atoms with Gasteiger partial charge in [-0.15, -0.1) is 0 Å². The maximum atomic E-state index is 9.19. The summed E-state index contributed by atoms with van der Waals surface area (Å²) in [4.78, 5) is 0. The van der Waals surface area contributed by atoms with E-state index in [1.165, 1.54) is 0 Å². The molecule has 2 nitrogen and oxygen atoms in total. The van der Waals surface area contributed by atoms with Crippen molar-refractivity contribution in [2.24, 2.45) is 0 Å². The van der Waals surface area contributed by atoms with Gasteiger partial charge in [0.2, 0.25) is 0 Å². The molecule has 36 heavy (non-hydrogen) atoms. The highest BCUT2D eigenvalue weighted by Crippen LogP contribution is 2.48. The van der Waals surface area contributed by atoms with Crippen molar-refractivity contribution >= 4 is 54.5 Å². The molecule has 0 spiro atoms. The fourth-order valence-electron chi connectivity index (χ4n) is 5.29. The average Bonchev–Trinajstić information content (AvgIpc) is 3.67. The van der Waals surface area contributed by atoms with Gasteiger partial charge in [0.25, 0.3) is 0 Å². The largest absolute Gasteiger partial charge is 0.464 e. The van der Waals surface area contributed by atoms with Crippen molar-refractivity contribution in [3.05, 3.63) is 121 Å². The van der Waals surface area contributed by atoms with Gasteiger partial charge in [-0.1, -0.05) is 96.9 Å². The van der Waals surface area contributed by atoms with E-state index >= 15 is 0 Å². The summed E-state index contributed by atoms with van der Waals surface area (Å²) < 4.78 is 83.4. The molecular formula is C34H20O2. The molecule has 2 heterocycles. The lowest BCUT2D eigenvalue weighted by molar-refractivity contribution is 0.618. The summed E-state index contributed by atoms with van der Waals surface area (Å²) in [7, 11) is 0. The van der Waals surface area contributed by atoms with Gasteiger partial charge in [-0.25, -0.2) is 0 Å². The van der Waals surface area contributed by atoms with Crippen LogP contribution in [0.15, 0.2) is 130 Å². The SMILES string of the molecule is [2H]c1c([2H])c([2H])c2c(-c3cc4ccoc4c4c3oc3ccccc34)c3c([2H])c([2H])c([2H])c([2H])c3c(-c3ccccc3)c2c1[2H]. The van der Waals surface area contributed by atoms with Gasteiger partial charge in [-0.3, -0.25) is 0 Å². The molecule has 8 aromatic rings. The minimum absolute atomic E-state index is 0.136. The van der Waals surface area contributed by atoms with E-state index in [1.807, 2.05) is 30.3 Å². The number of furan rings is 2. The summed E-state index contributed by atoms with van der Waals surface area (Å²) in [5, 5.41) is 2.73. The maximum Gasteiger partial charge on any atom is 0.147 e. The first-order valence-electron chi connectivity index (χ1n) is 15.5. The molecule has 168 valence electrons. The molecule has 0 amide bonds. The standard InChI is InChI=1S/C34H20O2/c1-2-10-21(11-3-1)30-23-12-4-6-14-25(23)31(26-15-7-5-13-24(26)30)28-20-22-18-19-35-33(22)32-27-16-8-9-17-29(27)36-34(28)32/h1-20H/i4D,5D,6D,7D,12D,13D,14D,15D. The second-order valence-corrected chi connectivity index (χ2v) is 8.68. The molecule has 0 bridgehead atoms. The van der Waals surface area contributed by atoms with E-state index in [9.17, 15) is 2.74 Å². The lowest BCUT2D eigenvalue weighted by Crippen LogP contribution is -1.91. The molecule has 0 radical (unpaired) electrons. The third-order valence-electron chi connectivity index (χ3n) is 6.77. The third kappa shape index (κ3) is 2.61. The van der Waals surface area contributed by atoms with Crippen LogP contribution in [0.5, 0.6) is 0 Å². The Balaban J connectivity index is 1.76. The van der Waals surface area contributed by atoms with Crippen LogP contribution in [0.25, 0.3) is 76.7 Å². The Morgan fingerprint density at radius 3 is 1.94 bits per heavy atom. The summed E-state index contributed by atoms with van der Waals surface area (Å²) in [5.74, 6) is 0. The minimum Gasteiger partial charge on any atom is -0.464 e. The smallest absolute Gasteiger partial charge is 0.147 e. The first-order chi connectivity index (χ1) is 21.2. The summed E-state index contributed by atoms with van der Waals surface area (Å²) in [6.45, 7) is 0.